The van der Waals surface area contributed by atoms with Gasteiger partial charge in [0, 0.05) is 34.1 Å². The van der Waals surface area contributed by atoms with E-state index in [1.807, 2.05) is 6.92 Å². The Bertz CT molecular complexity index is 1060. The van der Waals surface area contributed by atoms with Crippen molar-refractivity contribution in [2.45, 2.75) is 26.3 Å². The fourth-order valence-electron chi connectivity index (χ4n) is 2.95. The van der Waals surface area contributed by atoms with Gasteiger partial charge < -0.3 is 10.1 Å². The van der Waals surface area contributed by atoms with Crippen molar-refractivity contribution in [1.82, 2.24) is 9.55 Å². The first-order valence-electron chi connectivity index (χ1n) is 9.30. The molecule has 0 aliphatic heterocycles. The van der Waals surface area contributed by atoms with Crippen molar-refractivity contribution >= 4 is 23.2 Å². The van der Waals surface area contributed by atoms with E-state index in [4.69, 9.17) is 16.3 Å². The van der Waals surface area contributed by atoms with E-state index >= 15 is 0 Å². The third-order valence-corrected chi connectivity index (χ3v) is 4.58. The molecule has 0 radical (unpaired) electrons. The van der Waals surface area contributed by atoms with Crippen LogP contribution < -0.4 is 15.6 Å². The molecular weight excluding hydrogens is 390 g/mol. The number of carbonyl (C=O) groups excluding carboxylic acids is 1. The monoisotopic (exact) mass is 411 g/mol. The lowest BCUT2D eigenvalue weighted by Gasteiger charge is -2.14. The topological polar surface area (TPSA) is 73.2 Å². The Morgan fingerprint density at radius 1 is 1.17 bits per heavy atom. The predicted octanol–water partition coefficient (Wildman–Crippen LogP) is 4.16. The quantitative estimate of drug-likeness (QED) is 0.633. The van der Waals surface area contributed by atoms with Gasteiger partial charge in [-0.25, -0.2) is 4.98 Å². The largest absolute Gasteiger partial charge is 0.497 e. The number of carbonyl (C=O) groups is 1. The summed E-state index contributed by atoms with van der Waals surface area (Å²) in [5, 5.41) is 3.38. The van der Waals surface area contributed by atoms with Crippen molar-refractivity contribution in [1.29, 1.82) is 0 Å². The second kappa shape index (κ2) is 9.39. The number of anilines is 1. The van der Waals surface area contributed by atoms with E-state index < -0.39 is 0 Å². The standard InChI is InChI=1S/C22H22ClN3O3/c1-3-5-17-13-21(28)26(22(25-17)15-8-10-16(23)11-9-15)14-20(27)24-18-6-4-7-19(12-18)29-2/h4,6-13H,3,5,14H2,1-2H3,(H,24,27). The van der Waals surface area contributed by atoms with Gasteiger partial charge in [-0.3, -0.25) is 14.2 Å². The van der Waals surface area contributed by atoms with Crippen molar-refractivity contribution in [3.05, 3.63) is 75.7 Å². The van der Waals surface area contributed by atoms with Crippen LogP contribution in [0.1, 0.15) is 19.0 Å². The number of nitrogens with one attached hydrogen (secondary N) is 1. The maximum atomic E-state index is 12.8. The minimum atomic E-state index is -0.333. The summed E-state index contributed by atoms with van der Waals surface area (Å²) in [6, 6.07) is 15.6. The predicted molar refractivity (Wildman–Crippen MR) is 115 cm³/mol. The molecule has 6 nitrogen and oxygen atoms in total. The normalized spacial score (nSPS) is 10.6. The summed E-state index contributed by atoms with van der Waals surface area (Å²) in [6.07, 6.45) is 1.56. The van der Waals surface area contributed by atoms with E-state index in [9.17, 15) is 9.59 Å². The molecule has 1 N–H and O–H groups in total. The zero-order chi connectivity index (χ0) is 20.8. The summed E-state index contributed by atoms with van der Waals surface area (Å²) < 4.78 is 6.54. The Morgan fingerprint density at radius 3 is 2.62 bits per heavy atom. The van der Waals surface area contributed by atoms with E-state index in [1.165, 1.54) is 10.6 Å². The average Bonchev–Trinajstić information content (AvgIpc) is 2.71. The first-order chi connectivity index (χ1) is 14.0. The molecule has 2 aromatic carbocycles. The number of methoxy groups -OCH3 is 1. The molecule has 0 spiro atoms. The van der Waals surface area contributed by atoms with Crippen LogP contribution >= 0.6 is 11.6 Å². The second-order valence-corrected chi connectivity index (χ2v) is 6.97. The number of hydrogen-bond donors (Lipinski definition) is 1. The number of ether oxygens (including phenoxy) is 1. The lowest BCUT2D eigenvalue weighted by atomic mass is 10.2. The molecule has 1 heterocycles. The molecule has 0 fully saturated rings. The summed E-state index contributed by atoms with van der Waals surface area (Å²) in [4.78, 5) is 30.0. The highest BCUT2D eigenvalue weighted by atomic mass is 35.5. The minimum Gasteiger partial charge on any atom is -0.497 e. The molecule has 3 aromatic rings. The molecule has 0 saturated heterocycles. The number of amides is 1. The van der Waals surface area contributed by atoms with Gasteiger partial charge in [0.1, 0.15) is 18.1 Å². The molecule has 0 unspecified atom stereocenters. The Hall–Kier alpha value is -3.12. The van der Waals surface area contributed by atoms with Gasteiger partial charge in [-0.05, 0) is 42.8 Å². The number of rotatable bonds is 7. The van der Waals surface area contributed by atoms with Crippen molar-refractivity contribution in [2.24, 2.45) is 0 Å². The number of aryl methyl sites for hydroxylation is 1. The van der Waals surface area contributed by atoms with Crippen LogP contribution in [0.15, 0.2) is 59.4 Å². The summed E-state index contributed by atoms with van der Waals surface area (Å²) in [7, 11) is 1.56. The summed E-state index contributed by atoms with van der Waals surface area (Å²) in [5.74, 6) is 0.742. The lowest BCUT2D eigenvalue weighted by molar-refractivity contribution is -0.116. The van der Waals surface area contributed by atoms with Crippen molar-refractivity contribution < 1.29 is 9.53 Å². The van der Waals surface area contributed by atoms with Gasteiger partial charge >= 0.3 is 0 Å². The Labute approximate surface area is 174 Å². The lowest BCUT2D eigenvalue weighted by Crippen LogP contribution is -2.30. The fourth-order valence-corrected chi connectivity index (χ4v) is 3.08. The second-order valence-electron chi connectivity index (χ2n) is 6.53. The van der Waals surface area contributed by atoms with Gasteiger partial charge in [-0.15, -0.1) is 0 Å². The number of aromatic nitrogens is 2. The third-order valence-electron chi connectivity index (χ3n) is 4.33. The maximum Gasteiger partial charge on any atom is 0.254 e. The first kappa shape index (κ1) is 20.6. The fraction of sp³-hybridized carbons (Fsp3) is 0.227. The van der Waals surface area contributed by atoms with Gasteiger partial charge in [0.05, 0.1) is 7.11 Å². The molecule has 0 aliphatic rings. The SMILES string of the molecule is CCCc1cc(=O)n(CC(=O)Nc2cccc(OC)c2)c(-c2ccc(Cl)cc2)n1. The molecule has 1 amide bonds. The van der Waals surface area contributed by atoms with Crippen LogP contribution in [0, 0.1) is 0 Å². The molecule has 150 valence electrons. The summed E-state index contributed by atoms with van der Waals surface area (Å²) >= 11 is 5.99. The molecule has 29 heavy (non-hydrogen) atoms. The van der Waals surface area contributed by atoms with Crippen molar-refractivity contribution in [3.63, 3.8) is 0 Å². The number of halogens is 1. The summed E-state index contributed by atoms with van der Waals surface area (Å²) in [6.45, 7) is 1.87. The Balaban J connectivity index is 1.93. The molecule has 0 atom stereocenters. The highest BCUT2D eigenvalue weighted by molar-refractivity contribution is 6.30. The van der Waals surface area contributed by atoms with Crippen LogP contribution in [0.4, 0.5) is 5.69 Å². The van der Waals surface area contributed by atoms with Gasteiger partial charge in [0.2, 0.25) is 5.91 Å². The van der Waals surface area contributed by atoms with Crippen LogP contribution in [0.25, 0.3) is 11.4 Å². The highest BCUT2D eigenvalue weighted by Gasteiger charge is 2.14. The zero-order valence-corrected chi connectivity index (χ0v) is 17.1. The van der Waals surface area contributed by atoms with Gasteiger partial charge in [-0.1, -0.05) is 31.0 Å². The molecule has 0 aliphatic carbocycles. The van der Waals surface area contributed by atoms with E-state index in [-0.39, 0.29) is 18.0 Å². The maximum absolute atomic E-state index is 12.8. The van der Waals surface area contributed by atoms with Gasteiger partial charge in [0.25, 0.3) is 5.56 Å². The molecular formula is C22H22ClN3O3. The molecule has 0 bridgehead atoms. The smallest absolute Gasteiger partial charge is 0.254 e. The number of hydrogen-bond acceptors (Lipinski definition) is 4. The molecule has 7 heteroatoms. The zero-order valence-electron chi connectivity index (χ0n) is 16.3. The molecule has 3 rings (SSSR count). The van der Waals surface area contributed by atoms with Crippen molar-refractivity contribution in [3.8, 4) is 17.1 Å². The van der Waals surface area contributed by atoms with Crippen LogP contribution in [0.2, 0.25) is 5.02 Å². The summed E-state index contributed by atoms with van der Waals surface area (Å²) in [5.41, 5.74) is 1.74. The first-order valence-corrected chi connectivity index (χ1v) is 9.68. The van der Waals surface area contributed by atoms with E-state index in [0.717, 1.165) is 12.0 Å². The minimum absolute atomic E-state index is 0.159. The van der Waals surface area contributed by atoms with E-state index in [1.54, 1.807) is 55.6 Å². The van der Waals surface area contributed by atoms with Crippen LogP contribution in [-0.2, 0) is 17.8 Å². The number of benzene rings is 2. The Kier molecular flexibility index (Phi) is 6.67. The highest BCUT2D eigenvalue weighted by Crippen LogP contribution is 2.20. The third kappa shape index (κ3) is 5.23. The van der Waals surface area contributed by atoms with Crippen LogP contribution in [0.3, 0.4) is 0 Å². The van der Waals surface area contributed by atoms with Crippen LogP contribution in [0.5, 0.6) is 5.75 Å². The van der Waals surface area contributed by atoms with Gasteiger partial charge in [0.15, 0.2) is 0 Å². The van der Waals surface area contributed by atoms with Gasteiger partial charge in [-0.2, -0.15) is 0 Å². The Morgan fingerprint density at radius 2 is 1.93 bits per heavy atom. The average molecular weight is 412 g/mol. The van der Waals surface area contributed by atoms with Crippen LogP contribution in [-0.4, -0.2) is 22.6 Å². The van der Waals surface area contributed by atoms with E-state index in [2.05, 4.69) is 10.3 Å². The molecule has 1 aromatic heterocycles. The van der Waals surface area contributed by atoms with E-state index in [0.29, 0.717) is 34.4 Å². The molecule has 0 saturated carbocycles. The number of nitrogens with zero attached hydrogens (tertiary/aromatic N) is 2. The van der Waals surface area contributed by atoms with Crippen molar-refractivity contribution in [2.75, 3.05) is 12.4 Å².